The number of nitrogens with one attached hydrogen (secondary N) is 1. The molecule has 1 aromatic rings. The Hall–Kier alpha value is -1.12. The van der Waals surface area contributed by atoms with Gasteiger partial charge in [-0.3, -0.25) is 4.72 Å². The number of aromatic nitrogens is 1. The first-order chi connectivity index (χ1) is 9.00. The lowest BCUT2D eigenvalue weighted by Gasteiger charge is -2.32. The number of hydrogen-bond acceptors (Lipinski definition) is 5. The van der Waals surface area contributed by atoms with Gasteiger partial charge in [0, 0.05) is 0 Å². The monoisotopic (exact) mass is 298 g/mol. The van der Waals surface area contributed by atoms with Crippen molar-refractivity contribution in [3.8, 4) is 0 Å². The molecule has 0 unspecified atom stereocenters. The second kappa shape index (κ2) is 4.72. The Balaban J connectivity index is 2.25. The molecule has 0 saturated carbocycles. The Kier molecular flexibility index (Phi) is 3.60. The molecule has 1 aliphatic heterocycles. The van der Waals surface area contributed by atoms with E-state index >= 15 is 0 Å². The number of rotatable bonds is 3. The predicted octanol–water partition coefficient (Wildman–Crippen LogP) is 0.752. The van der Waals surface area contributed by atoms with Crippen molar-refractivity contribution in [2.75, 3.05) is 11.0 Å². The van der Waals surface area contributed by atoms with Crippen molar-refractivity contribution in [2.24, 2.45) is 0 Å². The first-order valence-corrected chi connectivity index (χ1v) is 8.20. The second-order valence-corrected chi connectivity index (χ2v) is 7.66. The smallest absolute Gasteiger partial charge is 0.398 e. The van der Waals surface area contributed by atoms with Crippen LogP contribution in [0.4, 0.5) is 5.82 Å². The lowest BCUT2D eigenvalue weighted by atomic mass is 9.84. The predicted molar refractivity (Wildman–Crippen MR) is 78.4 cm³/mol. The van der Waals surface area contributed by atoms with Crippen LogP contribution in [0.15, 0.2) is 18.2 Å². The van der Waals surface area contributed by atoms with Crippen LogP contribution in [0.2, 0.25) is 0 Å². The summed E-state index contributed by atoms with van der Waals surface area (Å²) < 4.78 is 36.5. The first kappa shape index (κ1) is 15.3. The molecule has 0 aliphatic carbocycles. The van der Waals surface area contributed by atoms with E-state index in [1.807, 2.05) is 27.7 Å². The van der Waals surface area contributed by atoms with Gasteiger partial charge in [0.2, 0.25) is 10.0 Å². The number of pyridine rings is 1. The molecule has 0 radical (unpaired) electrons. The summed E-state index contributed by atoms with van der Waals surface area (Å²) in [6.45, 7) is 7.80. The zero-order valence-corrected chi connectivity index (χ0v) is 13.1. The highest BCUT2D eigenvalue weighted by Crippen LogP contribution is 2.36. The zero-order chi connectivity index (χ0) is 15.2. The molecule has 0 bridgehead atoms. The number of hydrogen-bond donors (Lipinski definition) is 1. The van der Waals surface area contributed by atoms with E-state index in [9.17, 15) is 8.42 Å². The fourth-order valence-corrected chi connectivity index (χ4v) is 2.29. The van der Waals surface area contributed by atoms with Crippen LogP contribution in [-0.4, -0.2) is 38.0 Å². The topological polar surface area (TPSA) is 77.5 Å². The molecule has 0 atom stereocenters. The van der Waals surface area contributed by atoms with E-state index in [0.717, 1.165) is 6.26 Å². The van der Waals surface area contributed by atoms with Crippen LogP contribution in [0, 0.1) is 0 Å². The van der Waals surface area contributed by atoms with E-state index < -0.39 is 28.3 Å². The first-order valence-electron chi connectivity index (χ1n) is 6.31. The van der Waals surface area contributed by atoms with Crippen LogP contribution in [0.25, 0.3) is 0 Å². The summed E-state index contributed by atoms with van der Waals surface area (Å²) in [5.74, 6) is 0.250. The molecule has 110 valence electrons. The van der Waals surface area contributed by atoms with Crippen molar-refractivity contribution in [1.29, 1.82) is 0 Å². The van der Waals surface area contributed by atoms with Crippen LogP contribution < -0.4 is 10.3 Å². The summed E-state index contributed by atoms with van der Waals surface area (Å²) >= 11 is 0. The normalized spacial score (nSPS) is 20.9. The van der Waals surface area contributed by atoms with Crippen molar-refractivity contribution < 1.29 is 17.7 Å². The van der Waals surface area contributed by atoms with Crippen LogP contribution in [-0.2, 0) is 19.3 Å². The highest BCUT2D eigenvalue weighted by molar-refractivity contribution is 7.92. The molecule has 1 fully saturated rings. The minimum absolute atomic E-state index is 0.250. The van der Waals surface area contributed by atoms with Crippen LogP contribution in [0.5, 0.6) is 0 Å². The van der Waals surface area contributed by atoms with Crippen LogP contribution in [0.1, 0.15) is 27.7 Å². The third kappa shape index (κ3) is 3.13. The summed E-state index contributed by atoms with van der Waals surface area (Å²) in [7, 11) is -3.97. The molecule has 1 saturated heterocycles. The van der Waals surface area contributed by atoms with Gasteiger partial charge in [-0.15, -0.1) is 0 Å². The maximum atomic E-state index is 11.2. The van der Waals surface area contributed by atoms with Gasteiger partial charge in [-0.05, 0) is 39.8 Å². The Bertz CT molecular complexity index is 600. The van der Waals surface area contributed by atoms with E-state index in [0.29, 0.717) is 5.59 Å². The fraction of sp³-hybridized carbons (Fsp3) is 0.583. The van der Waals surface area contributed by atoms with Crippen molar-refractivity contribution >= 4 is 28.6 Å². The standard InChI is InChI=1S/C12H19BN2O4S/c1-11(2)12(3,4)19-13(18-11)9-7-6-8-10(14-9)15-20(5,16)17/h6-8H,1-5H3,(H,14,15). The van der Waals surface area contributed by atoms with E-state index in [-0.39, 0.29) is 5.82 Å². The van der Waals surface area contributed by atoms with Gasteiger partial charge in [0.1, 0.15) is 5.82 Å². The Labute approximate surface area is 120 Å². The second-order valence-electron chi connectivity index (χ2n) is 5.91. The van der Waals surface area contributed by atoms with E-state index in [4.69, 9.17) is 9.31 Å². The average Bonchev–Trinajstić information content (AvgIpc) is 2.46. The molecule has 1 N–H and O–H groups in total. The minimum atomic E-state index is -3.36. The summed E-state index contributed by atoms with van der Waals surface area (Å²) in [6, 6.07) is 5.03. The maximum absolute atomic E-state index is 11.2. The lowest BCUT2D eigenvalue weighted by Crippen LogP contribution is -2.41. The molecule has 0 amide bonds. The SMILES string of the molecule is CC1(C)OB(c2cccc(NS(C)(=O)=O)n2)OC1(C)C. The summed E-state index contributed by atoms with van der Waals surface area (Å²) in [6.07, 6.45) is 1.08. The minimum Gasteiger partial charge on any atom is -0.398 e. The number of nitrogens with zero attached hydrogens (tertiary/aromatic N) is 1. The average molecular weight is 298 g/mol. The lowest BCUT2D eigenvalue weighted by molar-refractivity contribution is 0.00578. The Morgan fingerprint density at radius 3 is 2.20 bits per heavy atom. The molecule has 6 nitrogen and oxygen atoms in total. The van der Waals surface area contributed by atoms with Crippen molar-refractivity contribution in [3.05, 3.63) is 18.2 Å². The largest absolute Gasteiger partial charge is 0.514 e. The van der Waals surface area contributed by atoms with Gasteiger partial charge in [-0.25, -0.2) is 13.4 Å². The van der Waals surface area contributed by atoms with Gasteiger partial charge in [-0.1, -0.05) is 6.07 Å². The molecule has 20 heavy (non-hydrogen) atoms. The third-order valence-electron chi connectivity index (χ3n) is 3.56. The quantitative estimate of drug-likeness (QED) is 0.833. The third-order valence-corrected chi connectivity index (χ3v) is 4.14. The van der Waals surface area contributed by atoms with Crippen LogP contribution >= 0.6 is 0 Å². The molecule has 1 aliphatic rings. The number of sulfonamides is 1. The Morgan fingerprint density at radius 2 is 1.70 bits per heavy atom. The van der Waals surface area contributed by atoms with E-state index in [2.05, 4.69) is 9.71 Å². The Morgan fingerprint density at radius 1 is 1.15 bits per heavy atom. The molecular formula is C12H19BN2O4S. The van der Waals surface area contributed by atoms with Gasteiger partial charge in [-0.2, -0.15) is 0 Å². The van der Waals surface area contributed by atoms with Gasteiger partial charge in [0.25, 0.3) is 0 Å². The van der Waals surface area contributed by atoms with Gasteiger partial charge in [0.15, 0.2) is 0 Å². The molecular weight excluding hydrogens is 279 g/mol. The fourth-order valence-electron chi connectivity index (χ4n) is 1.79. The van der Waals surface area contributed by atoms with Gasteiger partial charge < -0.3 is 9.31 Å². The highest BCUT2D eigenvalue weighted by atomic mass is 32.2. The van der Waals surface area contributed by atoms with Crippen molar-refractivity contribution in [1.82, 2.24) is 4.98 Å². The van der Waals surface area contributed by atoms with E-state index in [1.165, 1.54) is 0 Å². The summed E-state index contributed by atoms with van der Waals surface area (Å²) in [5, 5.41) is 0. The van der Waals surface area contributed by atoms with Gasteiger partial charge in [0.05, 0.1) is 23.1 Å². The summed E-state index contributed by atoms with van der Waals surface area (Å²) in [4.78, 5) is 4.23. The molecule has 1 aromatic heterocycles. The summed E-state index contributed by atoms with van der Waals surface area (Å²) in [5.41, 5.74) is -0.378. The molecule has 8 heteroatoms. The molecule has 2 heterocycles. The van der Waals surface area contributed by atoms with Crippen molar-refractivity contribution in [3.63, 3.8) is 0 Å². The molecule has 0 aromatic carbocycles. The maximum Gasteiger partial charge on any atom is 0.514 e. The van der Waals surface area contributed by atoms with E-state index in [1.54, 1.807) is 18.2 Å². The van der Waals surface area contributed by atoms with Crippen LogP contribution in [0.3, 0.4) is 0 Å². The van der Waals surface area contributed by atoms with Crippen molar-refractivity contribution in [2.45, 2.75) is 38.9 Å². The van der Waals surface area contributed by atoms with Gasteiger partial charge >= 0.3 is 7.12 Å². The molecule has 0 spiro atoms. The highest BCUT2D eigenvalue weighted by Gasteiger charge is 2.52. The zero-order valence-electron chi connectivity index (χ0n) is 12.3. The number of anilines is 1. The molecule has 2 rings (SSSR count).